The van der Waals surface area contributed by atoms with Crippen molar-refractivity contribution in [3.05, 3.63) is 0 Å². The van der Waals surface area contributed by atoms with Crippen molar-refractivity contribution in [2.24, 2.45) is 0 Å². The molecule has 7 heterocycles. The summed E-state index contributed by atoms with van der Waals surface area (Å²) >= 11 is 0. The molecule has 0 spiro atoms. The van der Waals surface area contributed by atoms with E-state index in [9.17, 15) is 126 Å². The first-order valence-corrected chi connectivity index (χ1v) is 30.6. The Kier molecular flexibility index (Phi) is 28.2. The Morgan fingerprint density at radius 3 is 1.31 bits per heavy atom. The molecule has 0 aromatic heterocycles. The van der Waals surface area contributed by atoms with Gasteiger partial charge in [-0.05, 0) is 6.92 Å². The molecule has 96 heavy (non-hydrogen) atoms. The van der Waals surface area contributed by atoms with Gasteiger partial charge in [0.1, 0.15) is 159 Å². The summed E-state index contributed by atoms with van der Waals surface area (Å²) in [6.45, 7) is -1.65. The molecule has 13 unspecified atom stereocenters. The third-order valence-corrected chi connectivity index (χ3v) is 17.4. The fraction of sp³-hybridized carbons (Fsp3) is 0.907. The standard InChI is InChI=1S/C54H90N4O38/c1-14-27(55-15(2)65)35(75)42(23(10-62)85-14)91-48-29(57-17(4)67)36(76)43(24(11-63)88-48)92-50-40(80)38(78)33(73)26(90-50)13-84-52-47(39(79)32(72)21(8-60)87-52)94-49-30(58-18(5)68)37(77)44(25(12-64)89-49)93-51-41(81)46(34(74)22(9-61)86-51)96-54(53(82)83)6-19(69)28(56-16(3)66)45(95-54)31(71)20(70)7-59/h14,19-52,59-64,69-81H,6-13H2,1-5H3,(H,55,65)(H,56,66)(H,57,67)(H,58,68)(H,82,83)/t14-,19+,20+,21?,22?,23?,24?,25-,26?,27+,28+,29-,30?,31-,32+,33+,34-,35?,36?,37?,38?,39?,40+,41-,42+,43+,44+,45?,46?,47+,48-,49-,50-,51-,52-,54-/m0/s1. The van der Waals surface area contributed by atoms with E-state index in [0.717, 1.165) is 20.8 Å². The zero-order valence-corrected chi connectivity index (χ0v) is 52.2. The number of ether oxygens (including phenoxy) is 13. The first-order chi connectivity index (χ1) is 45.2. The molecule has 42 heteroatoms. The van der Waals surface area contributed by atoms with Crippen LogP contribution in [-0.4, -0.2) is 398 Å². The first kappa shape index (κ1) is 79.4. The van der Waals surface area contributed by atoms with E-state index in [1.807, 2.05) is 0 Å². The minimum absolute atomic E-state index is 0.569. The second-order valence-corrected chi connectivity index (χ2v) is 24.3. The molecule has 0 aromatic carbocycles. The van der Waals surface area contributed by atoms with Gasteiger partial charge in [-0.3, -0.25) is 19.2 Å². The zero-order chi connectivity index (χ0) is 71.3. The highest BCUT2D eigenvalue weighted by atomic mass is 16.8. The summed E-state index contributed by atoms with van der Waals surface area (Å²) in [6, 6.07) is -6.41. The van der Waals surface area contributed by atoms with Crippen molar-refractivity contribution in [2.45, 2.75) is 261 Å². The van der Waals surface area contributed by atoms with Crippen LogP contribution in [0.25, 0.3) is 0 Å². The minimum Gasteiger partial charge on any atom is -0.477 e. The topological polar surface area (TPSA) is 658 Å². The molecule has 36 atom stereocenters. The molecule has 0 saturated carbocycles. The second kappa shape index (κ2) is 34.2. The number of amides is 4. The average molecular weight is 1400 g/mol. The molecule has 0 aromatic rings. The van der Waals surface area contributed by atoms with Gasteiger partial charge in [-0.15, -0.1) is 0 Å². The lowest BCUT2D eigenvalue weighted by molar-refractivity contribution is -0.390. The summed E-state index contributed by atoms with van der Waals surface area (Å²) in [5, 5.41) is 229. The smallest absolute Gasteiger partial charge is 0.364 e. The van der Waals surface area contributed by atoms with Crippen LogP contribution in [0, 0.1) is 0 Å². The van der Waals surface area contributed by atoms with Crippen molar-refractivity contribution in [2.75, 3.05) is 46.2 Å². The van der Waals surface area contributed by atoms with Crippen LogP contribution in [0.5, 0.6) is 0 Å². The van der Waals surface area contributed by atoms with E-state index in [2.05, 4.69) is 21.3 Å². The number of carboxylic acids is 1. The number of carbonyl (C=O) groups is 5. The van der Waals surface area contributed by atoms with Gasteiger partial charge in [0.2, 0.25) is 23.6 Å². The van der Waals surface area contributed by atoms with Crippen molar-refractivity contribution >= 4 is 29.6 Å². The molecule has 7 aliphatic rings. The summed E-state index contributed by atoms with van der Waals surface area (Å²) in [6.07, 6.45) is -62.4. The molecule has 0 radical (unpaired) electrons. The molecule has 554 valence electrons. The van der Waals surface area contributed by atoms with Crippen LogP contribution in [0.1, 0.15) is 41.0 Å². The maximum Gasteiger partial charge on any atom is 0.364 e. The molecule has 4 amide bonds. The van der Waals surface area contributed by atoms with Crippen molar-refractivity contribution in [3.8, 4) is 0 Å². The molecule has 7 saturated heterocycles. The largest absolute Gasteiger partial charge is 0.477 e. The Hall–Kier alpha value is -3.93. The molecule has 24 N–H and O–H groups in total. The van der Waals surface area contributed by atoms with Crippen molar-refractivity contribution in [1.29, 1.82) is 0 Å². The third kappa shape index (κ3) is 17.5. The van der Waals surface area contributed by atoms with Crippen LogP contribution in [0.15, 0.2) is 0 Å². The highest BCUT2D eigenvalue weighted by Crippen LogP contribution is 2.40. The molecule has 42 nitrogen and oxygen atoms in total. The van der Waals surface area contributed by atoms with E-state index >= 15 is 0 Å². The van der Waals surface area contributed by atoms with Crippen LogP contribution in [0.3, 0.4) is 0 Å². The van der Waals surface area contributed by atoms with E-state index in [1.165, 1.54) is 13.8 Å². The highest BCUT2D eigenvalue weighted by Gasteiger charge is 2.62. The lowest BCUT2D eigenvalue weighted by Gasteiger charge is -2.51. The second-order valence-electron chi connectivity index (χ2n) is 24.3. The lowest BCUT2D eigenvalue weighted by atomic mass is 9.88. The van der Waals surface area contributed by atoms with E-state index in [-0.39, 0.29) is 0 Å². The monoisotopic (exact) mass is 1400 g/mol. The number of hydrogen-bond donors (Lipinski definition) is 24. The predicted octanol–water partition coefficient (Wildman–Crippen LogP) is -15.4. The van der Waals surface area contributed by atoms with E-state index in [0.29, 0.717) is 0 Å². The maximum atomic E-state index is 13.1. The van der Waals surface area contributed by atoms with Crippen molar-refractivity contribution in [1.82, 2.24) is 21.3 Å². The average Bonchev–Trinajstić information content (AvgIpc) is 0.765. The van der Waals surface area contributed by atoms with Crippen LogP contribution < -0.4 is 21.3 Å². The van der Waals surface area contributed by atoms with Gasteiger partial charge in [-0.2, -0.15) is 0 Å². The highest BCUT2D eigenvalue weighted by molar-refractivity contribution is 5.77. The Bertz CT molecular complexity index is 2540. The zero-order valence-electron chi connectivity index (χ0n) is 52.2. The Morgan fingerprint density at radius 2 is 0.833 bits per heavy atom. The molecule has 7 rings (SSSR count). The van der Waals surface area contributed by atoms with Crippen LogP contribution >= 0.6 is 0 Å². The SMILES string of the molecule is CC(=O)NC1C(O)[C@H](O[C@@H]2OC(CO)[C@H](O)C(O[C@]3(C(=O)O)C[C@@H](O)[C@@H](NC(C)=O)C([C@@H](O)[C@H](O)CO)O3)[C@@H]2O)[C@H](CO)O[C@H]1O[C@@H]1C(O)[C@H](O)C(CO)O[C@@H]1OCC1O[C@@H](O[C@@H]2C(CO)O[C@@H](O[C@@H]3C(CO)O[C@@H](C)[C@@H](NC(C)=O)C3O)[C@@H](NC(C)=O)C2O)[C@H](O)C(O)[C@@H]1O. The Balaban J connectivity index is 1.09. The molecular weight excluding hydrogens is 1310 g/mol. The molecule has 7 fully saturated rings. The molecule has 0 aliphatic carbocycles. The summed E-state index contributed by atoms with van der Waals surface area (Å²) < 4.78 is 76.1. The minimum atomic E-state index is -3.23. The van der Waals surface area contributed by atoms with Crippen LogP contribution in [-0.2, 0) is 85.6 Å². The number of aliphatic hydroxyl groups excluding tert-OH is 19. The van der Waals surface area contributed by atoms with Gasteiger partial charge in [-0.25, -0.2) is 4.79 Å². The van der Waals surface area contributed by atoms with Gasteiger partial charge in [0.25, 0.3) is 5.79 Å². The summed E-state index contributed by atoms with van der Waals surface area (Å²) in [5.74, 6) is -8.49. The fourth-order valence-electron chi connectivity index (χ4n) is 12.5. The number of hydrogen-bond acceptors (Lipinski definition) is 37. The number of aliphatic hydroxyl groups is 19. The number of carboxylic acid groups (broad SMARTS) is 1. The summed E-state index contributed by atoms with van der Waals surface area (Å²) in [4.78, 5) is 62.7. The quantitative estimate of drug-likeness (QED) is 0.0382. The van der Waals surface area contributed by atoms with Crippen molar-refractivity contribution < 1.29 is 188 Å². The van der Waals surface area contributed by atoms with Crippen LogP contribution in [0.2, 0.25) is 0 Å². The Labute approximate surface area is 544 Å². The molecular formula is C54H90N4O38. The third-order valence-electron chi connectivity index (χ3n) is 17.4. The van der Waals surface area contributed by atoms with Gasteiger partial charge in [0.15, 0.2) is 31.5 Å². The van der Waals surface area contributed by atoms with Gasteiger partial charge in [0, 0.05) is 34.1 Å². The van der Waals surface area contributed by atoms with Crippen LogP contribution in [0.4, 0.5) is 0 Å². The Morgan fingerprint density at radius 1 is 0.438 bits per heavy atom. The number of aliphatic carboxylic acids is 1. The first-order valence-electron chi connectivity index (χ1n) is 30.6. The summed E-state index contributed by atoms with van der Waals surface area (Å²) in [5.41, 5.74) is 0. The van der Waals surface area contributed by atoms with Gasteiger partial charge < -0.3 is 185 Å². The van der Waals surface area contributed by atoms with E-state index < -0.39 is 302 Å². The lowest BCUT2D eigenvalue weighted by Crippen LogP contribution is -2.71. The molecule has 0 bridgehead atoms. The van der Waals surface area contributed by atoms with Gasteiger partial charge in [0.05, 0.1) is 70.5 Å². The number of rotatable bonds is 26. The van der Waals surface area contributed by atoms with E-state index in [1.54, 1.807) is 0 Å². The number of carbonyl (C=O) groups excluding carboxylic acids is 4. The fourth-order valence-corrected chi connectivity index (χ4v) is 12.5. The summed E-state index contributed by atoms with van der Waals surface area (Å²) in [7, 11) is 0. The number of nitrogens with one attached hydrogen (secondary N) is 4. The van der Waals surface area contributed by atoms with Gasteiger partial charge in [-0.1, -0.05) is 0 Å². The van der Waals surface area contributed by atoms with Gasteiger partial charge >= 0.3 is 5.97 Å². The predicted molar refractivity (Wildman–Crippen MR) is 299 cm³/mol. The maximum absolute atomic E-state index is 13.1. The van der Waals surface area contributed by atoms with Crippen molar-refractivity contribution in [3.63, 3.8) is 0 Å². The molecule has 7 aliphatic heterocycles. The van der Waals surface area contributed by atoms with E-state index in [4.69, 9.17) is 61.6 Å². The normalized spacial score (nSPS) is 46.0.